The summed E-state index contributed by atoms with van der Waals surface area (Å²) in [6, 6.07) is 13.6. The van der Waals surface area contributed by atoms with E-state index in [2.05, 4.69) is 0 Å². The molecular weight excluding hydrogens is 434 g/mol. The maximum absolute atomic E-state index is 13.8. The highest BCUT2D eigenvalue weighted by Gasteiger charge is 2.35. The molecule has 6 nitrogen and oxygen atoms in total. The Kier molecular flexibility index (Phi) is 5.23. The lowest BCUT2D eigenvalue weighted by Crippen LogP contribution is -2.40. The van der Waals surface area contributed by atoms with Crippen LogP contribution in [0.3, 0.4) is 0 Å². The van der Waals surface area contributed by atoms with Crippen molar-refractivity contribution in [3.05, 3.63) is 69.4 Å². The zero-order chi connectivity index (χ0) is 22.5. The van der Waals surface area contributed by atoms with Crippen LogP contribution in [0.25, 0.3) is 21.1 Å². The molecule has 0 unspecified atom stereocenters. The van der Waals surface area contributed by atoms with Crippen molar-refractivity contribution in [2.24, 2.45) is 5.92 Å². The van der Waals surface area contributed by atoms with Crippen LogP contribution in [0.1, 0.15) is 25.0 Å². The van der Waals surface area contributed by atoms with E-state index in [0.717, 1.165) is 21.2 Å². The fourth-order valence-electron chi connectivity index (χ4n) is 3.64. The summed E-state index contributed by atoms with van der Waals surface area (Å²) in [5.41, 5.74) is 2.07. The van der Waals surface area contributed by atoms with Crippen LogP contribution in [0.5, 0.6) is 0 Å². The third-order valence-electron chi connectivity index (χ3n) is 5.08. The standard InChI is InChI=1S/C23H21NO5S2/c1-13(2)22(25)24(31(27,28)20-10-9-14(3)11-15(20)4)18-12-19-21(29-23(26)30-19)17-8-6-5-7-16(17)18/h5-13H,1-4H3. The van der Waals surface area contributed by atoms with E-state index in [4.69, 9.17) is 4.42 Å². The zero-order valence-corrected chi connectivity index (χ0v) is 19.1. The lowest BCUT2D eigenvalue weighted by Gasteiger charge is -2.26. The van der Waals surface area contributed by atoms with Crippen LogP contribution < -0.4 is 9.24 Å². The first-order valence-electron chi connectivity index (χ1n) is 9.73. The molecule has 160 valence electrons. The topological polar surface area (TPSA) is 84.7 Å². The van der Waals surface area contributed by atoms with Crippen molar-refractivity contribution < 1.29 is 17.6 Å². The first kappa shape index (κ1) is 21.3. The average Bonchev–Trinajstić information content (AvgIpc) is 3.08. The molecule has 0 aliphatic rings. The molecule has 4 rings (SSSR count). The third-order valence-corrected chi connectivity index (χ3v) is 7.72. The summed E-state index contributed by atoms with van der Waals surface area (Å²) in [4.78, 5) is 24.8. The third kappa shape index (κ3) is 3.55. The quantitative estimate of drug-likeness (QED) is 0.432. The maximum atomic E-state index is 13.8. The molecule has 0 radical (unpaired) electrons. The van der Waals surface area contributed by atoms with Crippen molar-refractivity contribution >= 4 is 54.0 Å². The molecule has 0 fully saturated rings. The number of hydrogen-bond donors (Lipinski definition) is 0. The lowest BCUT2D eigenvalue weighted by molar-refractivity contribution is -0.120. The van der Waals surface area contributed by atoms with Crippen LogP contribution >= 0.6 is 11.3 Å². The van der Waals surface area contributed by atoms with E-state index < -0.39 is 26.8 Å². The smallest absolute Gasteiger partial charge is 0.396 e. The second-order valence-electron chi connectivity index (χ2n) is 7.75. The van der Waals surface area contributed by atoms with E-state index in [-0.39, 0.29) is 10.6 Å². The number of fused-ring (bicyclic) bond motifs is 3. The zero-order valence-electron chi connectivity index (χ0n) is 17.5. The van der Waals surface area contributed by atoms with Gasteiger partial charge in [-0.2, -0.15) is 0 Å². The maximum Gasteiger partial charge on any atom is 0.396 e. The summed E-state index contributed by atoms with van der Waals surface area (Å²) in [6.07, 6.45) is 0. The number of sulfonamides is 1. The summed E-state index contributed by atoms with van der Waals surface area (Å²) in [6.45, 7) is 6.90. The molecule has 0 aliphatic carbocycles. The molecule has 0 spiro atoms. The van der Waals surface area contributed by atoms with Gasteiger partial charge in [0.05, 0.1) is 15.3 Å². The SMILES string of the molecule is Cc1ccc(S(=O)(=O)N(C(=O)C(C)C)c2cc3sc(=O)oc3c3ccccc23)c(C)c1. The van der Waals surface area contributed by atoms with Crippen molar-refractivity contribution in [2.75, 3.05) is 4.31 Å². The van der Waals surface area contributed by atoms with Crippen molar-refractivity contribution in [1.82, 2.24) is 0 Å². The van der Waals surface area contributed by atoms with E-state index >= 15 is 0 Å². The molecule has 3 aromatic carbocycles. The summed E-state index contributed by atoms with van der Waals surface area (Å²) < 4.78 is 34.3. The highest BCUT2D eigenvalue weighted by atomic mass is 32.2. The van der Waals surface area contributed by atoms with Gasteiger partial charge in [-0.15, -0.1) is 0 Å². The predicted octanol–water partition coefficient (Wildman–Crippen LogP) is 5.00. The number of amides is 1. The molecule has 1 aromatic heterocycles. The first-order valence-corrected chi connectivity index (χ1v) is 12.0. The Morgan fingerprint density at radius 3 is 2.35 bits per heavy atom. The molecule has 0 saturated heterocycles. The number of rotatable bonds is 4. The van der Waals surface area contributed by atoms with Crippen LogP contribution in [0, 0.1) is 19.8 Å². The normalized spacial score (nSPS) is 12.0. The second kappa shape index (κ2) is 7.62. The molecular formula is C23H21NO5S2. The molecule has 0 bridgehead atoms. The summed E-state index contributed by atoms with van der Waals surface area (Å²) in [5, 5.41) is 1.09. The van der Waals surface area contributed by atoms with Crippen molar-refractivity contribution in [3.63, 3.8) is 0 Å². The molecule has 1 heterocycles. The van der Waals surface area contributed by atoms with E-state index in [1.54, 1.807) is 63.2 Å². The van der Waals surface area contributed by atoms with Crippen molar-refractivity contribution in [3.8, 4) is 0 Å². The summed E-state index contributed by atoms with van der Waals surface area (Å²) in [7, 11) is -4.22. The van der Waals surface area contributed by atoms with Gasteiger partial charge in [-0.3, -0.25) is 4.79 Å². The Morgan fingerprint density at radius 2 is 1.71 bits per heavy atom. The molecule has 4 aromatic rings. The van der Waals surface area contributed by atoms with Gasteiger partial charge in [0.15, 0.2) is 5.58 Å². The highest BCUT2D eigenvalue weighted by molar-refractivity contribution is 7.93. The number of aryl methyl sites for hydroxylation is 2. The molecule has 0 aliphatic heterocycles. The lowest BCUT2D eigenvalue weighted by atomic mass is 10.1. The monoisotopic (exact) mass is 455 g/mol. The predicted molar refractivity (Wildman–Crippen MR) is 123 cm³/mol. The Labute approximate surface area is 183 Å². The van der Waals surface area contributed by atoms with Crippen LogP contribution in [-0.4, -0.2) is 14.3 Å². The van der Waals surface area contributed by atoms with Gasteiger partial charge in [-0.25, -0.2) is 17.5 Å². The Bertz CT molecular complexity index is 1500. The number of carbonyl (C=O) groups excluding carboxylic acids is 1. The van der Waals surface area contributed by atoms with E-state index in [9.17, 15) is 18.0 Å². The van der Waals surface area contributed by atoms with Crippen LogP contribution in [0.2, 0.25) is 0 Å². The van der Waals surface area contributed by atoms with E-state index in [0.29, 0.717) is 26.6 Å². The van der Waals surface area contributed by atoms with E-state index in [1.165, 1.54) is 6.07 Å². The van der Waals surface area contributed by atoms with Gasteiger partial charge >= 0.3 is 4.94 Å². The number of nitrogens with zero attached hydrogens (tertiary/aromatic N) is 1. The Morgan fingerprint density at radius 1 is 1.03 bits per heavy atom. The number of anilines is 1. The molecule has 0 N–H and O–H groups in total. The van der Waals surface area contributed by atoms with Crippen molar-refractivity contribution in [1.29, 1.82) is 0 Å². The Hall–Kier alpha value is -2.97. The number of benzene rings is 3. The fourth-order valence-corrected chi connectivity index (χ4v) is 6.12. The fraction of sp³-hybridized carbons (Fsp3) is 0.217. The molecule has 8 heteroatoms. The van der Waals surface area contributed by atoms with Crippen LogP contribution in [0.4, 0.5) is 5.69 Å². The van der Waals surface area contributed by atoms with Crippen molar-refractivity contribution in [2.45, 2.75) is 32.6 Å². The van der Waals surface area contributed by atoms with Gasteiger partial charge in [0.1, 0.15) is 0 Å². The highest BCUT2D eigenvalue weighted by Crippen LogP contribution is 2.38. The first-order chi connectivity index (χ1) is 14.6. The van der Waals surface area contributed by atoms with Gasteiger partial charge in [-0.05, 0) is 31.5 Å². The largest absolute Gasteiger partial charge is 0.413 e. The average molecular weight is 456 g/mol. The van der Waals surface area contributed by atoms with Gasteiger partial charge in [0, 0.05) is 16.7 Å². The minimum Gasteiger partial charge on any atom is -0.413 e. The van der Waals surface area contributed by atoms with Crippen LogP contribution in [0.15, 0.2) is 62.6 Å². The Balaban J connectivity index is 2.09. The molecule has 1 amide bonds. The number of carbonyl (C=O) groups is 1. The summed E-state index contributed by atoms with van der Waals surface area (Å²) >= 11 is 0.875. The van der Waals surface area contributed by atoms with Crippen LogP contribution in [-0.2, 0) is 14.8 Å². The number of hydrogen-bond acceptors (Lipinski definition) is 6. The van der Waals surface area contributed by atoms with E-state index in [1.807, 2.05) is 6.92 Å². The van der Waals surface area contributed by atoms with Gasteiger partial charge in [-0.1, -0.05) is 67.1 Å². The molecule has 31 heavy (non-hydrogen) atoms. The second-order valence-corrected chi connectivity index (χ2v) is 10.5. The molecule has 0 saturated carbocycles. The summed E-state index contributed by atoms with van der Waals surface area (Å²) in [5.74, 6) is -1.13. The van der Waals surface area contributed by atoms with Gasteiger partial charge in [0.25, 0.3) is 10.0 Å². The van der Waals surface area contributed by atoms with Gasteiger partial charge in [0.2, 0.25) is 5.91 Å². The minimum atomic E-state index is -4.22. The minimum absolute atomic E-state index is 0.0664. The molecule has 0 atom stereocenters. The van der Waals surface area contributed by atoms with Gasteiger partial charge < -0.3 is 4.42 Å².